The minimum absolute atomic E-state index is 0.296. The third-order valence-corrected chi connectivity index (χ3v) is 2.56. The van der Waals surface area contributed by atoms with Gasteiger partial charge in [0.15, 0.2) is 0 Å². The van der Waals surface area contributed by atoms with Crippen LogP contribution in [0.3, 0.4) is 0 Å². The maximum Gasteiger partial charge on any atom is 0.372 e. The predicted molar refractivity (Wildman–Crippen MR) is 84.1 cm³/mol. The maximum absolute atomic E-state index is 10.5. The van der Waals surface area contributed by atoms with Gasteiger partial charge in [0.1, 0.15) is 0 Å². The average Bonchev–Trinajstić information content (AvgIpc) is 2.51. The molecule has 10 heteroatoms. The summed E-state index contributed by atoms with van der Waals surface area (Å²) >= 11 is 0. The SMILES string of the molecule is CC(C)C(=O)C(=O)O.CCC(C)C(=O)C(=O)O.O=C(O)CCC(=O)O. The second-order valence-corrected chi connectivity index (χ2v) is 5.09. The third kappa shape index (κ3) is 19.2. The molecule has 25 heavy (non-hydrogen) atoms. The number of ketones is 2. The molecule has 1 atom stereocenters. The number of carbonyl (C=O) groups excluding carboxylic acids is 2. The number of hydrogen-bond acceptors (Lipinski definition) is 6. The van der Waals surface area contributed by atoms with Crippen molar-refractivity contribution in [2.75, 3.05) is 0 Å². The van der Waals surface area contributed by atoms with Gasteiger partial charge in [0.05, 0.1) is 12.8 Å². The molecule has 0 bridgehead atoms. The van der Waals surface area contributed by atoms with Gasteiger partial charge in [0, 0.05) is 11.8 Å². The zero-order valence-corrected chi connectivity index (χ0v) is 14.5. The summed E-state index contributed by atoms with van der Waals surface area (Å²) < 4.78 is 0. The van der Waals surface area contributed by atoms with E-state index < -0.39 is 41.4 Å². The zero-order chi connectivity index (χ0) is 20.7. The van der Waals surface area contributed by atoms with E-state index in [0.717, 1.165) is 0 Å². The Labute approximate surface area is 144 Å². The van der Waals surface area contributed by atoms with Crippen LogP contribution in [0.1, 0.15) is 47.0 Å². The van der Waals surface area contributed by atoms with Crippen LogP contribution in [-0.4, -0.2) is 55.9 Å². The van der Waals surface area contributed by atoms with E-state index in [1.807, 2.05) is 0 Å². The zero-order valence-electron chi connectivity index (χ0n) is 14.5. The van der Waals surface area contributed by atoms with Gasteiger partial charge in [-0.25, -0.2) is 9.59 Å². The van der Waals surface area contributed by atoms with Gasteiger partial charge >= 0.3 is 23.9 Å². The van der Waals surface area contributed by atoms with Crippen LogP contribution in [0.2, 0.25) is 0 Å². The number of carboxylic acid groups (broad SMARTS) is 4. The molecule has 10 nitrogen and oxygen atoms in total. The fourth-order valence-electron chi connectivity index (χ4n) is 0.857. The standard InChI is InChI=1S/C6H10O3.C5H8O3.C4H6O4/c1-3-4(2)5(7)6(8)9;1-3(2)4(6)5(7)8;5-3(6)1-2-4(7)8/h4H,3H2,1-2H3,(H,8,9);3H,1-2H3,(H,7,8);1-2H2,(H,5,6)(H,7,8). The molecule has 0 spiro atoms. The smallest absolute Gasteiger partial charge is 0.372 e. The monoisotopic (exact) mass is 364 g/mol. The van der Waals surface area contributed by atoms with Crippen LogP contribution in [0, 0.1) is 11.8 Å². The number of rotatable bonds is 8. The highest BCUT2D eigenvalue weighted by Gasteiger charge is 2.17. The summed E-state index contributed by atoms with van der Waals surface area (Å²) in [5.41, 5.74) is 0. The van der Waals surface area contributed by atoms with E-state index in [4.69, 9.17) is 20.4 Å². The lowest BCUT2D eigenvalue weighted by Crippen LogP contribution is -2.19. The van der Waals surface area contributed by atoms with Crippen molar-refractivity contribution in [2.45, 2.75) is 47.0 Å². The first-order valence-electron chi connectivity index (χ1n) is 7.25. The Morgan fingerprint density at radius 1 is 0.680 bits per heavy atom. The summed E-state index contributed by atoms with van der Waals surface area (Å²) in [6, 6.07) is 0. The maximum atomic E-state index is 10.5. The first-order chi connectivity index (χ1) is 11.3. The molecule has 0 aliphatic heterocycles. The normalized spacial score (nSPS) is 10.3. The van der Waals surface area contributed by atoms with Crippen LogP contribution >= 0.6 is 0 Å². The van der Waals surface area contributed by atoms with Gasteiger partial charge in [-0.1, -0.05) is 27.7 Å². The van der Waals surface area contributed by atoms with Crippen LogP contribution in [0.15, 0.2) is 0 Å². The van der Waals surface area contributed by atoms with Crippen LogP contribution in [-0.2, 0) is 28.8 Å². The van der Waals surface area contributed by atoms with Crippen LogP contribution in [0.25, 0.3) is 0 Å². The lowest BCUT2D eigenvalue weighted by atomic mass is 10.0. The van der Waals surface area contributed by atoms with Crippen LogP contribution < -0.4 is 0 Å². The van der Waals surface area contributed by atoms with Gasteiger partial charge in [-0.2, -0.15) is 0 Å². The Bertz CT molecular complexity index is 479. The molecule has 0 aliphatic carbocycles. The van der Waals surface area contributed by atoms with Gasteiger partial charge < -0.3 is 20.4 Å². The Morgan fingerprint density at radius 2 is 1.00 bits per heavy atom. The molecule has 144 valence electrons. The summed E-state index contributed by atoms with van der Waals surface area (Å²) in [7, 11) is 0. The molecular weight excluding hydrogens is 340 g/mol. The highest BCUT2D eigenvalue weighted by atomic mass is 16.4. The van der Waals surface area contributed by atoms with Crippen molar-refractivity contribution in [2.24, 2.45) is 11.8 Å². The van der Waals surface area contributed by atoms with Gasteiger partial charge in [0.25, 0.3) is 0 Å². The molecule has 0 rings (SSSR count). The molecule has 0 aromatic carbocycles. The molecule has 0 aliphatic rings. The summed E-state index contributed by atoms with van der Waals surface area (Å²) in [5, 5.41) is 31.9. The topological polar surface area (TPSA) is 183 Å². The minimum atomic E-state index is -1.35. The lowest BCUT2D eigenvalue weighted by molar-refractivity contribution is -0.150. The van der Waals surface area contributed by atoms with E-state index in [0.29, 0.717) is 6.42 Å². The van der Waals surface area contributed by atoms with Gasteiger partial charge in [-0.3, -0.25) is 19.2 Å². The molecule has 0 aromatic rings. The molecule has 1 unspecified atom stereocenters. The van der Waals surface area contributed by atoms with Crippen molar-refractivity contribution in [1.82, 2.24) is 0 Å². The first-order valence-corrected chi connectivity index (χ1v) is 7.25. The number of aliphatic carboxylic acids is 4. The first kappa shape index (κ1) is 27.1. The van der Waals surface area contributed by atoms with Crippen molar-refractivity contribution in [3.63, 3.8) is 0 Å². The van der Waals surface area contributed by atoms with Crippen molar-refractivity contribution < 1.29 is 49.2 Å². The molecule has 0 saturated carbocycles. The second kappa shape index (κ2) is 14.8. The summed E-state index contributed by atoms with van der Waals surface area (Å²) in [6.07, 6.45) is -0.00417. The van der Waals surface area contributed by atoms with E-state index in [2.05, 4.69) is 0 Å². The van der Waals surface area contributed by atoms with E-state index in [-0.39, 0.29) is 18.8 Å². The summed E-state index contributed by atoms with van der Waals surface area (Å²) in [4.78, 5) is 59.7. The third-order valence-electron chi connectivity index (χ3n) is 2.56. The number of hydrogen-bond donors (Lipinski definition) is 4. The van der Waals surface area contributed by atoms with Crippen molar-refractivity contribution in [3.8, 4) is 0 Å². The van der Waals surface area contributed by atoms with E-state index in [1.54, 1.807) is 27.7 Å². The molecule has 0 radical (unpaired) electrons. The quantitative estimate of drug-likeness (QED) is 0.451. The molecule has 0 heterocycles. The van der Waals surface area contributed by atoms with Crippen molar-refractivity contribution in [3.05, 3.63) is 0 Å². The molecule has 4 N–H and O–H groups in total. The highest BCUT2D eigenvalue weighted by molar-refractivity contribution is 6.33. The Balaban J connectivity index is -0.000000291. The Kier molecular flexibility index (Phi) is 16.0. The van der Waals surface area contributed by atoms with Crippen molar-refractivity contribution in [1.29, 1.82) is 0 Å². The molecule has 0 saturated heterocycles. The minimum Gasteiger partial charge on any atom is -0.481 e. The molecule has 0 aromatic heterocycles. The van der Waals surface area contributed by atoms with Gasteiger partial charge in [0.2, 0.25) is 11.6 Å². The Morgan fingerprint density at radius 3 is 1.08 bits per heavy atom. The largest absolute Gasteiger partial charge is 0.481 e. The molecular formula is C15H24O10. The lowest BCUT2D eigenvalue weighted by Gasteiger charge is -1.99. The van der Waals surface area contributed by atoms with Gasteiger partial charge in [-0.05, 0) is 6.42 Å². The van der Waals surface area contributed by atoms with Gasteiger partial charge in [-0.15, -0.1) is 0 Å². The Hall–Kier alpha value is -2.78. The fraction of sp³-hybridized carbons (Fsp3) is 0.600. The number of carboxylic acids is 4. The van der Waals surface area contributed by atoms with Crippen LogP contribution in [0.4, 0.5) is 0 Å². The summed E-state index contributed by atoms with van der Waals surface area (Å²) in [5.74, 6) is -7.00. The number of carbonyl (C=O) groups is 6. The summed E-state index contributed by atoms with van der Waals surface area (Å²) in [6.45, 7) is 6.49. The van der Waals surface area contributed by atoms with E-state index in [9.17, 15) is 28.8 Å². The second-order valence-electron chi connectivity index (χ2n) is 5.09. The number of Topliss-reactive ketones (excluding diaryl/α,β-unsaturated/α-hetero) is 2. The van der Waals surface area contributed by atoms with E-state index >= 15 is 0 Å². The van der Waals surface area contributed by atoms with Crippen molar-refractivity contribution >= 4 is 35.4 Å². The fourth-order valence-corrected chi connectivity index (χ4v) is 0.857. The highest BCUT2D eigenvalue weighted by Crippen LogP contribution is 2.00. The molecule has 0 amide bonds. The average molecular weight is 364 g/mol. The van der Waals surface area contributed by atoms with E-state index in [1.165, 1.54) is 0 Å². The molecule has 0 fully saturated rings. The van der Waals surface area contributed by atoms with Crippen LogP contribution in [0.5, 0.6) is 0 Å². The predicted octanol–water partition coefficient (Wildman–Crippen LogP) is 0.918.